The number of hydrogen-bond donors (Lipinski definition) is 2. The Morgan fingerprint density at radius 1 is 1.42 bits per heavy atom. The van der Waals surface area contributed by atoms with Crippen LogP contribution in [0, 0.1) is 5.92 Å². The Kier molecular flexibility index (Phi) is 4.80. The molecule has 0 heterocycles. The minimum atomic E-state index is -0.303. The van der Waals surface area contributed by atoms with Crippen molar-refractivity contribution in [3.05, 3.63) is 29.8 Å². The molecule has 1 aliphatic carbocycles. The number of anilines is 1. The molecule has 104 valence electrons. The summed E-state index contributed by atoms with van der Waals surface area (Å²) in [7, 11) is 1.40. The fourth-order valence-electron chi connectivity index (χ4n) is 2.75. The van der Waals surface area contributed by atoms with E-state index in [9.17, 15) is 4.79 Å². The summed E-state index contributed by atoms with van der Waals surface area (Å²) in [6.07, 6.45) is 4.84. The maximum Gasteiger partial charge on any atom is 0.337 e. The number of carbonyl (C=O) groups is 1. The molecular weight excluding hydrogens is 240 g/mol. The SMILES string of the molecule is COC(=O)c1cccc(NC2CCCCC2CN)c1. The molecule has 0 aliphatic heterocycles. The number of esters is 1. The number of nitrogens with one attached hydrogen (secondary N) is 1. The Balaban J connectivity index is 2.07. The molecular formula is C15H22N2O2. The lowest BCUT2D eigenvalue weighted by Gasteiger charge is -2.32. The normalized spacial score (nSPS) is 22.8. The summed E-state index contributed by atoms with van der Waals surface area (Å²) < 4.78 is 4.74. The van der Waals surface area contributed by atoms with E-state index in [1.165, 1.54) is 26.4 Å². The molecule has 1 aliphatic rings. The molecule has 1 aromatic rings. The third kappa shape index (κ3) is 3.47. The molecule has 0 spiro atoms. The van der Waals surface area contributed by atoms with Gasteiger partial charge in [-0.15, -0.1) is 0 Å². The number of nitrogens with two attached hydrogens (primary N) is 1. The summed E-state index contributed by atoms with van der Waals surface area (Å²) in [4.78, 5) is 11.5. The number of carbonyl (C=O) groups excluding carboxylic acids is 1. The molecule has 19 heavy (non-hydrogen) atoms. The summed E-state index contributed by atoms with van der Waals surface area (Å²) in [6.45, 7) is 0.717. The summed E-state index contributed by atoms with van der Waals surface area (Å²) >= 11 is 0. The zero-order valence-electron chi connectivity index (χ0n) is 11.4. The van der Waals surface area contributed by atoms with Crippen molar-refractivity contribution >= 4 is 11.7 Å². The molecule has 0 amide bonds. The second kappa shape index (κ2) is 6.57. The van der Waals surface area contributed by atoms with Crippen LogP contribution in [0.2, 0.25) is 0 Å². The Bertz CT molecular complexity index is 434. The highest BCUT2D eigenvalue weighted by molar-refractivity contribution is 5.90. The third-order valence-corrected chi connectivity index (χ3v) is 3.85. The van der Waals surface area contributed by atoms with Crippen LogP contribution in [-0.4, -0.2) is 25.7 Å². The maximum atomic E-state index is 11.5. The van der Waals surface area contributed by atoms with Crippen molar-refractivity contribution in [1.29, 1.82) is 0 Å². The molecule has 2 rings (SSSR count). The first-order valence-corrected chi connectivity index (χ1v) is 6.89. The minimum Gasteiger partial charge on any atom is -0.465 e. The minimum absolute atomic E-state index is 0.303. The van der Waals surface area contributed by atoms with Gasteiger partial charge in [-0.2, -0.15) is 0 Å². The highest BCUT2D eigenvalue weighted by Crippen LogP contribution is 2.26. The van der Waals surface area contributed by atoms with E-state index in [2.05, 4.69) is 5.32 Å². The second-order valence-corrected chi connectivity index (χ2v) is 5.10. The Morgan fingerprint density at radius 2 is 2.21 bits per heavy atom. The number of ether oxygens (including phenoxy) is 1. The van der Waals surface area contributed by atoms with E-state index in [4.69, 9.17) is 10.5 Å². The number of hydrogen-bond acceptors (Lipinski definition) is 4. The molecule has 0 bridgehead atoms. The molecule has 2 atom stereocenters. The molecule has 4 heteroatoms. The van der Waals surface area contributed by atoms with E-state index < -0.39 is 0 Å². The van der Waals surface area contributed by atoms with Gasteiger partial charge in [0.25, 0.3) is 0 Å². The average Bonchev–Trinajstić information content (AvgIpc) is 2.47. The predicted octanol–water partition coefficient (Wildman–Crippen LogP) is 2.40. The molecule has 0 radical (unpaired) electrons. The monoisotopic (exact) mass is 262 g/mol. The standard InChI is InChI=1S/C15H22N2O2/c1-19-15(18)11-6-4-7-13(9-11)17-14-8-3-2-5-12(14)10-16/h4,6-7,9,12,14,17H,2-3,5,8,10,16H2,1H3. The molecule has 0 saturated heterocycles. The van der Waals surface area contributed by atoms with E-state index in [0.29, 0.717) is 24.1 Å². The van der Waals surface area contributed by atoms with E-state index >= 15 is 0 Å². The maximum absolute atomic E-state index is 11.5. The van der Waals surface area contributed by atoms with E-state index in [1.54, 1.807) is 6.07 Å². The van der Waals surface area contributed by atoms with Crippen molar-refractivity contribution in [3.8, 4) is 0 Å². The molecule has 3 N–H and O–H groups in total. The van der Waals surface area contributed by atoms with Gasteiger partial charge in [0.2, 0.25) is 0 Å². The van der Waals surface area contributed by atoms with Crippen molar-refractivity contribution in [1.82, 2.24) is 0 Å². The van der Waals surface area contributed by atoms with Crippen LogP contribution >= 0.6 is 0 Å². The zero-order valence-corrected chi connectivity index (χ0v) is 11.4. The van der Waals surface area contributed by atoms with Gasteiger partial charge in [-0.1, -0.05) is 18.9 Å². The highest BCUT2D eigenvalue weighted by Gasteiger charge is 2.23. The van der Waals surface area contributed by atoms with Crippen molar-refractivity contribution in [3.63, 3.8) is 0 Å². The second-order valence-electron chi connectivity index (χ2n) is 5.10. The van der Waals surface area contributed by atoms with Crippen molar-refractivity contribution in [2.24, 2.45) is 11.7 Å². The smallest absolute Gasteiger partial charge is 0.337 e. The number of benzene rings is 1. The first-order chi connectivity index (χ1) is 9.24. The van der Waals surface area contributed by atoms with Crippen LogP contribution in [0.15, 0.2) is 24.3 Å². The van der Waals surface area contributed by atoms with Crippen LogP contribution < -0.4 is 11.1 Å². The Morgan fingerprint density at radius 3 is 2.95 bits per heavy atom. The molecule has 1 fully saturated rings. The fourth-order valence-corrected chi connectivity index (χ4v) is 2.75. The van der Waals surface area contributed by atoms with Gasteiger partial charge >= 0.3 is 5.97 Å². The summed E-state index contributed by atoms with van der Waals surface area (Å²) in [6, 6.07) is 7.86. The van der Waals surface area contributed by atoms with Gasteiger partial charge in [0.05, 0.1) is 12.7 Å². The van der Waals surface area contributed by atoms with Gasteiger partial charge in [0.1, 0.15) is 0 Å². The molecule has 2 unspecified atom stereocenters. The van der Waals surface area contributed by atoms with Crippen LogP contribution in [0.5, 0.6) is 0 Å². The van der Waals surface area contributed by atoms with Gasteiger partial charge in [-0.3, -0.25) is 0 Å². The Hall–Kier alpha value is -1.55. The summed E-state index contributed by atoms with van der Waals surface area (Å²) in [5.74, 6) is 0.221. The van der Waals surface area contributed by atoms with E-state index in [-0.39, 0.29) is 5.97 Å². The van der Waals surface area contributed by atoms with Gasteiger partial charge in [-0.05, 0) is 43.5 Å². The van der Waals surface area contributed by atoms with E-state index in [1.807, 2.05) is 18.2 Å². The van der Waals surface area contributed by atoms with Crippen LogP contribution in [0.3, 0.4) is 0 Å². The molecule has 1 saturated carbocycles. The van der Waals surface area contributed by atoms with Crippen LogP contribution in [-0.2, 0) is 4.74 Å². The summed E-state index contributed by atoms with van der Waals surface area (Å²) in [5.41, 5.74) is 7.38. The topological polar surface area (TPSA) is 64.3 Å². The molecule has 4 nitrogen and oxygen atoms in total. The highest BCUT2D eigenvalue weighted by atomic mass is 16.5. The lowest BCUT2D eigenvalue weighted by Crippen LogP contribution is -2.36. The third-order valence-electron chi connectivity index (χ3n) is 3.85. The van der Waals surface area contributed by atoms with E-state index in [0.717, 1.165) is 12.1 Å². The van der Waals surface area contributed by atoms with Crippen LogP contribution in [0.4, 0.5) is 5.69 Å². The van der Waals surface area contributed by atoms with Gasteiger partial charge in [-0.25, -0.2) is 4.79 Å². The fraction of sp³-hybridized carbons (Fsp3) is 0.533. The quantitative estimate of drug-likeness (QED) is 0.818. The first-order valence-electron chi connectivity index (χ1n) is 6.89. The van der Waals surface area contributed by atoms with Crippen molar-refractivity contribution < 1.29 is 9.53 Å². The van der Waals surface area contributed by atoms with Gasteiger partial charge < -0.3 is 15.8 Å². The molecule has 1 aromatic carbocycles. The first kappa shape index (κ1) is 13.9. The van der Waals surface area contributed by atoms with Crippen molar-refractivity contribution in [2.75, 3.05) is 19.0 Å². The largest absolute Gasteiger partial charge is 0.465 e. The lowest BCUT2D eigenvalue weighted by atomic mass is 9.84. The molecule has 0 aromatic heterocycles. The summed E-state index contributed by atoms with van der Waals surface area (Å²) in [5, 5.41) is 3.51. The van der Waals surface area contributed by atoms with Gasteiger partial charge in [0, 0.05) is 11.7 Å². The average molecular weight is 262 g/mol. The lowest BCUT2D eigenvalue weighted by molar-refractivity contribution is 0.0601. The number of methoxy groups -OCH3 is 1. The zero-order chi connectivity index (χ0) is 13.7. The van der Waals surface area contributed by atoms with Crippen LogP contribution in [0.1, 0.15) is 36.0 Å². The van der Waals surface area contributed by atoms with Gasteiger partial charge in [0.15, 0.2) is 0 Å². The number of rotatable bonds is 4. The Labute approximate surface area is 114 Å². The predicted molar refractivity (Wildman–Crippen MR) is 76.2 cm³/mol. The van der Waals surface area contributed by atoms with Crippen molar-refractivity contribution in [2.45, 2.75) is 31.7 Å². The van der Waals surface area contributed by atoms with Crippen LogP contribution in [0.25, 0.3) is 0 Å².